The Kier molecular flexibility index (Phi) is 13.1. The summed E-state index contributed by atoms with van der Waals surface area (Å²) in [5, 5.41) is 26.9. The fourth-order valence-corrected chi connectivity index (χ4v) is 9.83. The topological polar surface area (TPSA) is 55.7 Å². The maximum Gasteiger partial charge on any atom is 0.237 e. The highest BCUT2D eigenvalue weighted by Crippen LogP contribution is 2.50. The molecule has 0 amide bonds. The first-order valence-corrected chi connectivity index (χ1v) is 24.6. The molecule has 0 fully saturated rings. The van der Waals surface area contributed by atoms with Crippen LogP contribution in [0.1, 0.15) is 123 Å². The smallest absolute Gasteiger partial charge is 0.237 e. The van der Waals surface area contributed by atoms with E-state index in [2.05, 4.69) is 153 Å². The summed E-state index contributed by atoms with van der Waals surface area (Å²) in [4.78, 5) is 0. The summed E-state index contributed by atoms with van der Waals surface area (Å²) in [7, 11) is 8.84. The number of phenols is 2. The van der Waals surface area contributed by atoms with Gasteiger partial charge in [0.2, 0.25) is 11.5 Å². The van der Waals surface area contributed by atoms with Crippen molar-refractivity contribution < 1.29 is 27.7 Å². The average molecular weight is 959 g/mol. The van der Waals surface area contributed by atoms with Crippen LogP contribution in [0.15, 0.2) is 109 Å². The minimum Gasteiger partial charge on any atom is -0.711 e. The highest BCUT2D eigenvalue weighted by molar-refractivity contribution is 6.10. The number of rotatable bonds is 10. The fraction of sp³-hybridized carbons (Fsp3) is 0.333. The zero-order valence-electron chi connectivity index (χ0n) is 44.3. The molecule has 0 unspecified atom stereocenters. The summed E-state index contributed by atoms with van der Waals surface area (Å²) in [6.07, 6.45) is 4.24. The number of nitrogens with zero attached hydrogens (tertiary/aromatic N) is 2. The first-order chi connectivity index (χ1) is 33.0. The average Bonchev–Trinajstić information content (AvgIpc) is 3.91. The van der Waals surface area contributed by atoms with Gasteiger partial charge in [0.1, 0.15) is 29.6 Å². The van der Waals surface area contributed by atoms with Crippen LogP contribution in [0.5, 0.6) is 23.0 Å². The maximum atomic E-state index is 15.9. The Labute approximate surface area is 420 Å². The van der Waals surface area contributed by atoms with Gasteiger partial charge in [-0.3, -0.25) is 0 Å². The van der Waals surface area contributed by atoms with Crippen molar-refractivity contribution in [2.24, 2.45) is 0 Å². The zero-order valence-corrected chi connectivity index (χ0v) is 44.3. The van der Waals surface area contributed by atoms with E-state index in [0.717, 1.165) is 32.9 Å². The van der Waals surface area contributed by atoms with Gasteiger partial charge in [0.25, 0.3) is 0 Å². The second-order valence-electron chi connectivity index (χ2n) is 23.6. The highest BCUT2D eigenvalue weighted by Gasteiger charge is 2.30. The predicted molar refractivity (Wildman–Crippen MR) is 291 cm³/mol. The van der Waals surface area contributed by atoms with Crippen molar-refractivity contribution in [3.63, 3.8) is 0 Å². The minimum absolute atomic E-state index is 0.0237. The summed E-state index contributed by atoms with van der Waals surface area (Å²) >= 11 is 0. The molecule has 0 aliphatic heterocycles. The second-order valence-corrected chi connectivity index (χ2v) is 23.6. The molecule has 0 bridgehead atoms. The van der Waals surface area contributed by atoms with E-state index in [1.54, 1.807) is 0 Å². The molecule has 0 saturated heterocycles. The molecule has 8 rings (SSSR count). The molecule has 2 aromatic heterocycles. The van der Waals surface area contributed by atoms with Gasteiger partial charge in [0.05, 0.1) is 33.5 Å². The molecule has 372 valence electrons. The van der Waals surface area contributed by atoms with Gasteiger partial charge in [-0.2, -0.15) is 0 Å². The number of fused-ring (bicyclic) bond motifs is 3. The lowest BCUT2D eigenvalue weighted by Crippen LogP contribution is -2.14. The number of aryl methyl sites for hydroxylation is 2. The predicted octanol–water partition coefficient (Wildman–Crippen LogP) is 17.6. The number of hydrogen-bond acceptors (Lipinski definition) is 2. The summed E-state index contributed by atoms with van der Waals surface area (Å²) in [5.74, 6) is 0.397. The van der Waals surface area contributed by atoms with Gasteiger partial charge in [-0.15, -0.1) is 0 Å². The van der Waals surface area contributed by atoms with Gasteiger partial charge in [0.15, 0.2) is 13.2 Å². The minimum atomic E-state index is -0.434. The third-order valence-electron chi connectivity index (χ3n) is 14.0. The Hall–Kier alpha value is -6.54. The van der Waals surface area contributed by atoms with Gasteiger partial charge in [-0.05, 0) is 151 Å². The molecule has 0 atom stereocenters. The van der Waals surface area contributed by atoms with Crippen LogP contribution in [0.2, 0.25) is 0 Å². The number of aromatic nitrogens is 2. The van der Waals surface area contributed by atoms with Crippen LogP contribution in [0.3, 0.4) is 0 Å². The first kappa shape index (κ1) is 50.8. The van der Waals surface area contributed by atoms with Gasteiger partial charge >= 0.3 is 0 Å². The van der Waals surface area contributed by atoms with Gasteiger partial charge in [-0.25, -0.2) is 8.78 Å². The van der Waals surface area contributed by atoms with Crippen LogP contribution in [0, 0.1) is 39.7 Å². The lowest BCUT2D eigenvalue weighted by molar-refractivity contribution is -0.0170. The molecule has 71 heavy (non-hydrogen) atoms. The Balaban J connectivity index is 1.21. The largest absolute Gasteiger partial charge is 0.711 e. The SMILES string of the molecule is [CH2-][O+](CCC[O+]([CH2-])c1c(C)cc(F)cc1-c1cc(C(C)(C)C)cc(-n2c3ccc(C(C)(C)C)cc3c3ccc(C(C)(C)C)cc32)c1O)c1c(C)cc(F)cc1-c1cc(C(C)(C)C)cc(-n2cccc2)c1O. The first-order valence-electron chi connectivity index (χ1n) is 24.6. The van der Waals surface area contributed by atoms with Crippen molar-refractivity contribution in [3.8, 4) is 56.6 Å². The van der Waals surface area contributed by atoms with Gasteiger partial charge < -0.3 is 28.1 Å². The second kappa shape index (κ2) is 18.3. The lowest BCUT2D eigenvalue weighted by atomic mass is 9.84. The monoisotopic (exact) mass is 959 g/mol. The van der Waals surface area contributed by atoms with E-state index in [-0.39, 0.29) is 33.2 Å². The van der Waals surface area contributed by atoms with E-state index in [4.69, 9.17) is 0 Å². The van der Waals surface area contributed by atoms with Gasteiger partial charge in [0, 0.05) is 45.4 Å². The van der Waals surface area contributed by atoms with Crippen LogP contribution < -0.4 is 0 Å². The Morgan fingerprint density at radius 2 is 0.915 bits per heavy atom. The molecule has 2 heterocycles. The number of benzene rings is 6. The highest BCUT2D eigenvalue weighted by atomic mass is 19.1. The summed E-state index contributed by atoms with van der Waals surface area (Å²) < 4.78 is 41.3. The molecule has 0 saturated carbocycles. The molecule has 0 radical (unpaired) electrons. The quantitative estimate of drug-likeness (QED) is 0.106. The van der Waals surface area contributed by atoms with E-state index in [1.165, 1.54) is 35.4 Å². The van der Waals surface area contributed by atoms with Crippen molar-refractivity contribution in [1.82, 2.24) is 9.13 Å². The third-order valence-corrected chi connectivity index (χ3v) is 14.0. The summed E-state index contributed by atoms with van der Waals surface area (Å²) in [6, 6.07) is 30.9. The number of halogens is 2. The van der Waals surface area contributed by atoms with E-state index < -0.39 is 11.6 Å². The molecular formula is C63H72F2N2O4. The standard InChI is InChI=1S/C63H72F2N2O4/c1-38-28-44(64)36-50(48-31-42(62(9,10)11)34-54(56(48)68)66-24-17-18-25-66)58(38)70(15)26-19-27-71(16)59-39(2)29-45(65)37-51(59)49-32-43(63(12,13)14)35-55(57(49)69)67-52-23-21-40(60(3,4)5)30-47(52)46-22-20-41(33-53(46)67)61(6,7)8/h17-18,20-25,28-37,68-69H,15-16,19,26-27H2,1-14H3. The van der Waals surface area contributed by atoms with Crippen LogP contribution in [0.25, 0.3) is 55.4 Å². The van der Waals surface area contributed by atoms with Gasteiger partial charge in [-0.1, -0.05) is 101 Å². The maximum absolute atomic E-state index is 15.9. The van der Waals surface area contributed by atoms with Crippen LogP contribution >= 0.6 is 0 Å². The molecule has 6 aromatic carbocycles. The summed E-state index contributed by atoms with van der Waals surface area (Å²) in [6.45, 7) is 30.4. The zero-order chi connectivity index (χ0) is 51.9. The molecule has 0 aliphatic carbocycles. The van der Waals surface area contributed by atoms with Crippen molar-refractivity contribution in [3.05, 3.63) is 169 Å². The third kappa shape index (κ3) is 9.79. The Bertz CT molecular complexity index is 3310. The number of aromatic hydroxyl groups is 2. The van der Waals surface area contributed by atoms with E-state index in [9.17, 15) is 10.2 Å². The molecule has 0 spiro atoms. The van der Waals surface area contributed by atoms with Crippen molar-refractivity contribution in [2.75, 3.05) is 13.2 Å². The van der Waals surface area contributed by atoms with E-state index in [1.807, 2.05) is 61.1 Å². The van der Waals surface area contributed by atoms with Crippen molar-refractivity contribution >= 4 is 21.8 Å². The van der Waals surface area contributed by atoms with E-state index >= 15 is 8.78 Å². The van der Waals surface area contributed by atoms with Crippen LogP contribution in [-0.2, 0) is 30.4 Å². The molecule has 2 N–H and O–H groups in total. The Morgan fingerprint density at radius 3 is 1.39 bits per heavy atom. The molecule has 0 aliphatic rings. The molecular weight excluding hydrogens is 887 g/mol. The number of phenolic OH excluding ortho intramolecular Hbond substituents is 2. The number of hydrogen-bond donors (Lipinski definition) is 2. The van der Waals surface area contributed by atoms with Crippen molar-refractivity contribution in [1.29, 1.82) is 0 Å². The summed E-state index contributed by atoms with van der Waals surface area (Å²) in [5.41, 5.74) is 9.83. The van der Waals surface area contributed by atoms with Crippen LogP contribution in [-0.4, -0.2) is 32.6 Å². The van der Waals surface area contributed by atoms with Crippen molar-refractivity contribution in [2.45, 2.75) is 125 Å². The normalized spacial score (nSPS) is 12.6. The molecule has 6 nitrogen and oxygen atoms in total. The van der Waals surface area contributed by atoms with E-state index in [0.29, 0.717) is 75.9 Å². The van der Waals surface area contributed by atoms with Crippen LogP contribution in [0.4, 0.5) is 8.78 Å². The fourth-order valence-electron chi connectivity index (χ4n) is 9.83. The molecule has 8 heteroatoms. The Morgan fingerprint density at radius 1 is 0.479 bits per heavy atom. The molecule has 8 aromatic rings. The lowest BCUT2D eigenvalue weighted by Gasteiger charge is -2.34.